The molecule has 3 aromatic rings. The molecule has 0 atom stereocenters. The van der Waals surface area contributed by atoms with Crippen molar-refractivity contribution in [3.8, 4) is 5.75 Å². The number of nitrogens with zero attached hydrogens (tertiary/aromatic N) is 2. The van der Waals surface area contributed by atoms with Crippen molar-refractivity contribution in [3.63, 3.8) is 0 Å². The number of aliphatic hydroxyl groups excluding tert-OH is 1. The molecule has 5 N–H and O–H groups in total. The molecule has 0 aliphatic carbocycles. The maximum Gasteiger partial charge on any atom is 0.255 e. The van der Waals surface area contributed by atoms with Crippen LogP contribution in [-0.4, -0.2) is 58.0 Å². The van der Waals surface area contributed by atoms with E-state index >= 15 is 0 Å². The first-order valence-electron chi connectivity index (χ1n) is 9.02. The van der Waals surface area contributed by atoms with E-state index < -0.39 is 5.54 Å². The maximum atomic E-state index is 12.6. The lowest BCUT2D eigenvalue weighted by Crippen LogP contribution is -2.46. The van der Waals surface area contributed by atoms with Gasteiger partial charge in [-0.1, -0.05) is 0 Å². The van der Waals surface area contributed by atoms with E-state index in [1.54, 1.807) is 40.1 Å². The minimum absolute atomic E-state index is 0.144. The molecule has 9 heteroatoms. The number of carbonyl (C=O) groups is 1. The van der Waals surface area contributed by atoms with Gasteiger partial charge in [0, 0.05) is 24.5 Å². The highest BCUT2D eigenvalue weighted by Crippen LogP contribution is 2.25. The summed E-state index contributed by atoms with van der Waals surface area (Å²) in [6.45, 7) is 3.23. The number of ether oxygens (including phenoxy) is 1. The highest BCUT2D eigenvalue weighted by molar-refractivity contribution is 6.14. The van der Waals surface area contributed by atoms with Crippen molar-refractivity contribution < 1.29 is 14.6 Å². The summed E-state index contributed by atoms with van der Waals surface area (Å²) in [7, 11) is 3.33. The molecule has 0 unspecified atom stereocenters. The van der Waals surface area contributed by atoms with Crippen LogP contribution in [0.4, 0.5) is 5.69 Å². The van der Waals surface area contributed by atoms with E-state index in [2.05, 4.69) is 25.6 Å². The number of carbonyl (C=O) groups excluding carboxylic acids is 1. The van der Waals surface area contributed by atoms with Crippen LogP contribution in [0, 0.1) is 5.41 Å². The fourth-order valence-corrected chi connectivity index (χ4v) is 2.81. The minimum atomic E-state index is -0.777. The van der Waals surface area contributed by atoms with Crippen LogP contribution in [0.15, 0.2) is 30.6 Å². The van der Waals surface area contributed by atoms with E-state index in [1.165, 1.54) is 12.4 Å². The number of fused-ring (bicyclic) bond motifs is 1. The van der Waals surface area contributed by atoms with Crippen molar-refractivity contribution in [2.45, 2.75) is 19.4 Å². The zero-order valence-electron chi connectivity index (χ0n) is 16.8. The summed E-state index contributed by atoms with van der Waals surface area (Å²) in [5.74, 6) is 0.233. The van der Waals surface area contributed by atoms with Gasteiger partial charge in [0.25, 0.3) is 5.91 Å². The summed E-state index contributed by atoms with van der Waals surface area (Å²) < 4.78 is 5.27. The highest BCUT2D eigenvalue weighted by Gasteiger charge is 2.23. The molecule has 152 valence electrons. The van der Waals surface area contributed by atoms with Gasteiger partial charge in [-0.05, 0) is 32.0 Å². The number of aliphatic hydroxyl groups is 1. The molecule has 2 aromatic heterocycles. The number of nitrogens with one attached hydrogen (secondary N) is 4. The minimum Gasteiger partial charge on any atom is -0.497 e. The smallest absolute Gasteiger partial charge is 0.255 e. The average molecular weight is 396 g/mol. The van der Waals surface area contributed by atoms with Crippen LogP contribution in [0.25, 0.3) is 11.2 Å². The van der Waals surface area contributed by atoms with Gasteiger partial charge in [0.2, 0.25) is 0 Å². The van der Waals surface area contributed by atoms with Gasteiger partial charge in [-0.3, -0.25) is 10.2 Å². The predicted octanol–water partition coefficient (Wildman–Crippen LogP) is 1.93. The summed E-state index contributed by atoms with van der Waals surface area (Å²) >= 11 is 0. The van der Waals surface area contributed by atoms with Crippen molar-refractivity contribution >= 4 is 28.5 Å². The Morgan fingerprint density at radius 2 is 2.10 bits per heavy atom. The summed E-state index contributed by atoms with van der Waals surface area (Å²) in [5.41, 5.74) is 2.12. The third kappa shape index (κ3) is 4.04. The fraction of sp³-hybridized carbons (Fsp3) is 0.300. The standard InChI is InChI=1S/C20H24N6O3/c1-20(2,10-27)26-19(28)13-8-23-18-17(13)25-15(9-24-18)16(21)12-7-11(29-4)5-6-14(12)22-3/h5-9,21-22,27H,10H2,1-4H3,(H,23,24)(H,26,28). The Bertz CT molecular complexity index is 1070. The zero-order chi connectivity index (χ0) is 21.2. The summed E-state index contributed by atoms with van der Waals surface area (Å²) in [4.78, 5) is 24.4. The number of hydrogen-bond acceptors (Lipinski definition) is 7. The summed E-state index contributed by atoms with van der Waals surface area (Å²) in [6, 6.07) is 5.37. The second-order valence-corrected chi connectivity index (χ2v) is 7.19. The molecule has 3 rings (SSSR count). The van der Waals surface area contributed by atoms with Crippen LogP contribution in [0.5, 0.6) is 5.75 Å². The monoisotopic (exact) mass is 396 g/mol. The Labute approximate surface area is 168 Å². The van der Waals surface area contributed by atoms with Gasteiger partial charge >= 0.3 is 0 Å². The zero-order valence-corrected chi connectivity index (χ0v) is 16.8. The molecule has 0 bridgehead atoms. The molecule has 0 spiro atoms. The number of anilines is 1. The Morgan fingerprint density at radius 1 is 1.34 bits per heavy atom. The van der Waals surface area contributed by atoms with Gasteiger partial charge in [-0.2, -0.15) is 0 Å². The summed E-state index contributed by atoms with van der Waals surface area (Å²) in [5, 5.41) is 23.8. The number of benzene rings is 1. The van der Waals surface area contributed by atoms with Gasteiger partial charge in [0.05, 0.1) is 36.7 Å². The average Bonchev–Trinajstić information content (AvgIpc) is 3.15. The Kier molecular flexibility index (Phi) is 5.51. The molecule has 2 heterocycles. The second-order valence-electron chi connectivity index (χ2n) is 7.19. The van der Waals surface area contributed by atoms with E-state index in [0.717, 1.165) is 5.69 Å². The number of amides is 1. The van der Waals surface area contributed by atoms with Gasteiger partial charge < -0.3 is 25.5 Å². The van der Waals surface area contributed by atoms with E-state index in [9.17, 15) is 9.90 Å². The molecule has 1 aromatic carbocycles. The van der Waals surface area contributed by atoms with Gasteiger partial charge in [0.1, 0.15) is 17.0 Å². The van der Waals surface area contributed by atoms with Crippen LogP contribution in [-0.2, 0) is 0 Å². The van der Waals surface area contributed by atoms with Gasteiger partial charge in [-0.15, -0.1) is 0 Å². The van der Waals surface area contributed by atoms with Crippen molar-refractivity contribution in [1.29, 1.82) is 5.41 Å². The number of rotatable bonds is 7. The lowest BCUT2D eigenvalue weighted by Gasteiger charge is -2.23. The molecule has 1 amide bonds. The maximum absolute atomic E-state index is 12.6. The Hall–Kier alpha value is -3.46. The third-order valence-corrected chi connectivity index (χ3v) is 4.49. The van der Waals surface area contributed by atoms with Crippen LogP contribution >= 0.6 is 0 Å². The van der Waals surface area contributed by atoms with Crippen molar-refractivity contribution in [2.24, 2.45) is 0 Å². The van der Waals surface area contributed by atoms with E-state index in [0.29, 0.717) is 33.7 Å². The van der Waals surface area contributed by atoms with E-state index in [-0.39, 0.29) is 18.2 Å². The molecular formula is C20H24N6O3. The van der Waals surface area contributed by atoms with Crippen molar-refractivity contribution in [2.75, 3.05) is 26.1 Å². The largest absolute Gasteiger partial charge is 0.497 e. The molecule has 29 heavy (non-hydrogen) atoms. The van der Waals surface area contributed by atoms with Crippen molar-refractivity contribution in [3.05, 3.63) is 47.4 Å². The molecule has 0 radical (unpaired) electrons. The number of methoxy groups -OCH3 is 1. The number of aromatic nitrogens is 3. The predicted molar refractivity (Wildman–Crippen MR) is 111 cm³/mol. The first kappa shape index (κ1) is 20.3. The quantitative estimate of drug-likeness (QED) is 0.387. The van der Waals surface area contributed by atoms with Crippen LogP contribution in [0.3, 0.4) is 0 Å². The molecule has 0 aliphatic heterocycles. The molecule has 0 saturated carbocycles. The lowest BCUT2D eigenvalue weighted by atomic mass is 10.0. The van der Waals surface area contributed by atoms with Crippen molar-refractivity contribution in [1.82, 2.24) is 20.3 Å². The van der Waals surface area contributed by atoms with Gasteiger partial charge in [-0.25, -0.2) is 9.97 Å². The molecule has 0 saturated heterocycles. The van der Waals surface area contributed by atoms with Gasteiger partial charge in [0.15, 0.2) is 5.65 Å². The summed E-state index contributed by atoms with van der Waals surface area (Å²) in [6.07, 6.45) is 3.00. The SMILES string of the molecule is CNc1ccc(OC)cc1C(=N)c1cnc2[nH]cc(C(=O)NC(C)(C)CO)c2n1. The third-order valence-electron chi connectivity index (χ3n) is 4.49. The van der Waals surface area contributed by atoms with Crippen LogP contribution in [0.1, 0.15) is 35.5 Å². The molecule has 0 aliphatic rings. The van der Waals surface area contributed by atoms with E-state index in [1.807, 2.05) is 6.07 Å². The second kappa shape index (κ2) is 7.88. The molecule has 9 nitrogen and oxygen atoms in total. The number of H-pyrrole nitrogens is 1. The Morgan fingerprint density at radius 3 is 2.76 bits per heavy atom. The fourth-order valence-electron chi connectivity index (χ4n) is 2.81. The normalized spacial score (nSPS) is 11.3. The van der Waals surface area contributed by atoms with E-state index in [4.69, 9.17) is 10.1 Å². The highest BCUT2D eigenvalue weighted by atomic mass is 16.5. The topological polar surface area (TPSA) is 136 Å². The lowest BCUT2D eigenvalue weighted by molar-refractivity contribution is 0.0871. The van der Waals surface area contributed by atoms with Crippen LogP contribution < -0.4 is 15.4 Å². The first-order valence-corrected chi connectivity index (χ1v) is 9.02. The Balaban J connectivity index is 2.02. The van der Waals surface area contributed by atoms with Crippen LogP contribution in [0.2, 0.25) is 0 Å². The first-order chi connectivity index (χ1) is 13.8. The molecular weight excluding hydrogens is 372 g/mol. The number of aromatic amines is 1. The molecule has 0 fully saturated rings. The number of hydrogen-bond donors (Lipinski definition) is 5.